The van der Waals surface area contributed by atoms with Crippen molar-refractivity contribution in [1.82, 2.24) is 10.0 Å². The third kappa shape index (κ3) is 6.53. The molecule has 0 bridgehead atoms. The van der Waals surface area contributed by atoms with Gasteiger partial charge in [0, 0.05) is 31.6 Å². The topological polar surface area (TPSA) is 114 Å². The van der Waals surface area contributed by atoms with Crippen LogP contribution in [0.15, 0.2) is 47.4 Å². The van der Waals surface area contributed by atoms with E-state index in [1.54, 1.807) is 19.2 Å². The first-order chi connectivity index (χ1) is 14.9. The van der Waals surface area contributed by atoms with E-state index in [1.165, 1.54) is 6.07 Å². The van der Waals surface area contributed by atoms with Gasteiger partial charge in [0.05, 0.1) is 12.0 Å². The molecule has 0 aromatic heterocycles. The number of ether oxygens (including phenoxy) is 1. The van der Waals surface area contributed by atoms with Gasteiger partial charge in [0.2, 0.25) is 21.8 Å². The number of rotatable bonds is 9. The second-order valence-corrected chi connectivity index (χ2v) is 9.11. The van der Waals surface area contributed by atoms with Gasteiger partial charge in [-0.25, -0.2) is 13.1 Å². The third-order valence-corrected chi connectivity index (χ3v) is 6.49. The van der Waals surface area contributed by atoms with Crippen molar-refractivity contribution >= 4 is 27.5 Å². The van der Waals surface area contributed by atoms with Crippen LogP contribution in [0.4, 0.5) is 5.69 Å². The average molecular weight is 446 g/mol. The number of fused-ring (bicyclic) bond motifs is 1. The van der Waals surface area contributed by atoms with Crippen LogP contribution < -0.4 is 20.1 Å². The van der Waals surface area contributed by atoms with Crippen molar-refractivity contribution in [2.45, 2.75) is 43.5 Å². The highest BCUT2D eigenvalue weighted by atomic mass is 32.2. The molecule has 0 saturated heterocycles. The number of carbonyl (C=O) groups is 2. The van der Waals surface area contributed by atoms with Crippen LogP contribution in [0.3, 0.4) is 0 Å². The van der Waals surface area contributed by atoms with E-state index in [9.17, 15) is 18.0 Å². The van der Waals surface area contributed by atoms with Gasteiger partial charge in [-0.2, -0.15) is 0 Å². The van der Waals surface area contributed by atoms with Crippen LogP contribution in [0.5, 0.6) is 5.75 Å². The van der Waals surface area contributed by atoms with E-state index in [0.29, 0.717) is 37.9 Å². The van der Waals surface area contributed by atoms with Crippen LogP contribution in [-0.2, 0) is 32.6 Å². The van der Waals surface area contributed by atoms with Crippen LogP contribution in [0.25, 0.3) is 0 Å². The highest BCUT2D eigenvalue weighted by Crippen LogP contribution is 2.25. The molecule has 3 rings (SSSR count). The minimum Gasteiger partial charge on any atom is -0.497 e. The van der Waals surface area contributed by atoms with Gasteiger partial charge in [-0.1, -0.05) is 12.1 Å². The molecule has 0 fully saturated rings. The highest BCUT2D eigenvalue weighted by Gasteiger charge is 2.18. The fourth-order valence-electron chi connectivity index (χ4n) is 3.29. The number of methoxy groups -OCH3 is 1. The summed E-state index contributed by atoms with van der Waals surface area (Å²) in [5, 5.41) is 5.61. The summed E-state index contributed by atoms with van der Waals surface area (Å²) in [6.45, 7) is 0.562. The van der Waals surface area contributed by atoms with E-state index in [1.807, 2.05) is 24.3 Å². The molecule has 9 heteroatoms. The Morgan fingerprint density at radius 3 is 2.65 bits per heavy atom. The van der Waals surface area contributed by atoms with Crippen molar-refractivity contribution < 1.29 is 22.7 Å². The van der Waals surface area contributed by atoms with Crippen LogP contribution in [0.2, 0.25) is 0 Å². The van der Waals surface area contributed by atoms with Crippen molar-refractivity contribution in [2.75, 3.05) is 19.0 Å². The number of sulfonamides is 1. The van der Waals surface area contributed by atoms with Crippen molar-refractivity contribution in [3.05, 3.63) is 53.6 Å². The molecule has 31 heavy (non-hydrogen) atoms. The number of hydrogen-bond acceptors (Lipinski definition) is 5. The fourth-order valence-corrected chi connectivity index (χ4v) is 4.41. The maximum atomic E-state index is 12.6. The van der Waals surface area contributed by atoms with Crippen molar-refractivity contribution in [1.29, 1.82) is 0 Å². The maximum Gasteiger partial charge on any atom is 0.240 e. The minimum atomic E-state index is -3.69. The standard InChI is InChI=1S/C22H27N3O5S/c1-30-18-9-7-16(8-10-18)15-23-21(26)6-3-13-24-31(28,29)19-11-12-20-17(14-19)4-2-5-22(27)25-20/h7-12,14,24H,2-6,13,15H2,1H3,(H,23,26)(H,25,27). The minimum absolute atomic E-state index is 0.0576. The van der Waals surface area contributed by atoms with E-state index in [2.05, 4.69) is 15.4 Å². The second kappa shape index (κ2) is 10.4. The number of carbonyl (C=O) groups excluding carboxylic acids is 2. The van der Waals surface area contributed by atoms with Gasteiger partial charge in [-0.3, -0.25) is 9.59 Å². The van der Waals surface area contributed by atoms with Gasteiger partial charge in [0.25, 0.3) is 0 Å². The summed E-state index contributed by atoms with van der Waals surface area (Å²) in [5.74, 6) is 0.551. The summed E-state index contributed by atoms with van der Waals surface area (Å²) in [6.07, 6.45) is 2.35. The predicted octanol–water partition coefficient (Wildman–Crippen LogP) is 2.34. The number of hydrogen-bond donors (Lipinski definition) is 3. The monoisotopic (exact) mass is 445 g/mol. The van der Waals surface area contributed by atoms with Crippen LogP contribution in [-0.4, -0.2) is 33.9 Å². The molecule has 2 amide bonds. The normalized spacial score (nSPS) is 13.6. The van der Waals surface area contributed by atoms with Gasteiger partial charge in [0.15, 0.2) is 0 Å². The number of aryl methyl sites for hydroxylation is 1. The van der Waals surface area contributed by atoms with Crippen molar-refractivity contribution in [3.8, 4) is 5.75 Å². The second-order valence-electron chi connectivity index (χ2n) is 7.35. The van der Waals surface area contributed by atoms with Gasteiger partial charge in [0.1, 0.15) is 5.75 Å². The van der Waals surface area contributed by atoms with E-state index in [0.717, 1.165) is 16.9 Å². The summed E-state index contributed by atoms with van der Waals surface area (Å²) in [7, 11) is -2.09. The zero-order valence-electron chi connectivity index (χ0n) is 17.4. The Morgan fingerprint density at radius 1 is 1.13 bits per heavy atom. The molecule has 0 saturated carbocycles. The van der Waals surface area contributed by atoms with Gasteiger partial charge in [-0.05, 0) is 60.7 Å². The van der Waals surface area contributed by atoms with Crippen LogP contribution in [0, 0.1) is 0 Å². The third-order valence-electron chi connectivity index (χ3n) is 5.03. The van der Waals surface area contributed by atoms with Crippen LogP contribution in [0.1, 0.15) is 36.8 Å². The zero-order valence-corrected chi connectivity index (χ0v) is 18.3. The summed E-state index contributed by atoms with van der Waals surface area (Å²) >= 11 is 0. The lowest BCUT2D eigenvalue weighted by Crippen LogP contribution is -2.27. The molecule has 0 spiro atoms. The molecular weight excluding hydrogens is 418 g/mol. The Balaban J connectivity index is 1.44. The Kier molecular flexibility index (Phi) is 7.64. The van der Waals surface area contributed by atoms with Crippen molar-refractivity contribution in [3.63, 3.8) is 0 Å². The molecule has 2 aromatic carbocycles. The maximum absolute atomic E-state index is 12.6. The molecule has 0 unspecified atom stereocenters. The van der Waals surface area contributed by atoms with Gasteiger partial charge < -0.3 is 15.4 Å². The molecule has 0 aliphatic carbocycles. The quantitative estimate of drug-likeness (QED) is 0.513. The SMILES string of the molecule is COc1ccc(CNC(=O)CCCNS(=O)(=O)c2ccc3c(c2)CCCC(=O)N3)cc1. The van der Waals surface area contributed by atoms with Gasteiger partial charge in [-0.15, -0.1) is 0 Å². The Bertz CT molecular complexity index is 1040. The molecular formula is C22H27N3O5S. The summed E-state index contributed by atoms with van der Waals surface area (Å²) in [4.78, 5) is 23.8. The van der Waals surface area contributed by atoms with Crippen LogP contribution >= 0.6 is 0 Å². The average Bonchev–Trinajstić information content (AvgIpc) is 2.95. The largest absolute Gasteiger partial charge is 0.497 e. The zero-order chi connectivity index (χ0) is 22.3. The van der Waals surface area contributed by atoms with Gasteiger partial charge >= 0.3 is 0 Å². The number of amides is 2. The Morgan fingerprint density at radius 2 is 1.90 bits per heavy atom. The Hall–Kier alpha value is -2.91. The van der Waals surface area contributed by atoms with E-state index < -0.39 is 10.0 Å². The smallest absolute Gasteiger partial charge is 0.240 e. The summed E-state index contributed by atoms with van der Waals surface area (Å²) < 4.78 is 32.8. The van der Waals surface area contributed by atoms with E-state index >= 15 is 0 Å². The number of anilines is 1. The van der Waals surface area contributed by atoms with Crippen molar-refractivity contribution in [2.24, 2.45) is 0 Å². The lowest BCUT2D eigenvalue weighted by molar-refractivity contribution is -0.121. The molecule has 8 nitrogen and oxygen atoms in total. The van der Waals surface area contributed by atoms with E-state index in [4.69, 9.17) is 4.74 Å². The first kappa shape index (κ1) is 22.8. The molecule has 1 aliphatic rings. The lowest BCUT2D eigenvalue weighted by Gasteiger charge is -2.11. The molecule has 166 valence electrons. The molecule has 1 aliphatic heterocycles. The molecule has 0 atom stereocenters. The number of benzene rings is 2. The Labute approximate surface area is 182 Å². The molecule has 1 heterocycles. The predicted molar refractivity (Wildman–Crippen MR) is 117 cm³/mol. The number of nitrogens with one attached hydrogen (secondary N) is 3. The molecule has 0 radical (unpaired) electrons. The first-order valence-corrected chi connectivity index (χ1v) is 11.7. The van der Waals surface area contributed by atoms with E-state index in [-0.39, 0.29) is 29.7 Å². The molecule has 2 aromatic rings. The molecule has 3 N–H and O–H groups in total. The summed E-state index contributed by atoms with van der Waals surface area (Å²) in [6, 6.07) is 12.1. The lowest BCUT2D eigenvalue weighted by atomic mass is 10.1. The summed E-state index contributed by atoms with van der Waals surface area (Å²) in [5.41, 5.74) is 2.43. The highest BCUT2D eigenvalue weighted by molar-refractivity contribution is 7.89. The fraction of sp³-hybridized carbons (Fsp3) is 0.364. The first-order valence-electron chi connectivity index (χ1n) is 10.2.